The lowest BCUT2D eigenvalue weighted by Crippen LogP contribution is -2.33. The van der Waals surface area contributed by atoms with Gasteiger partial charge in [-0.25, -0.2) is 9.97 Å². The Kier molecular flexibility index (Phi) is 5.63. The number of carbonyl (C=O) groups is 1. The predicted octanol–water partition coefficient (Wildman–Crippen LogP) is 2.41. The number of nitrogens with zero attached hydrogens (tertiary/aromatic N) is 3. The number of nitrogens with two attached hydrogens (primary N) is 2. The molecule has 1 saturated carbocycles. The van der Waals surface area contributed by atoms with Gasteiger partial charge in [0.25, 0.3) is 5.91 Å². The monoisotopic (exact) mass is 395 g/mol. The van der Waals surface area contributed by atoms with Crippen molar-refractivity contribution >= 4 is 23.4 Å². The van der Waals surface area contributed by atoms with Gasteiger partial charge in [-0.05, 0) is 37.8 Å². The minimum absolute atomic E-state index is 0.0309. The van der Waals surface area contributed by atoms with Gasteiger partial charge in [-0.1, -0.05) is 0 Å². The van der Waals surface area contributed by atoms with Crippen LogP contribution < -0.4 is 22.1 Å². The van der Waals surface area contributed by atoms with E-state index >= 15 is 0 Å². The van der Waals surface area contributed by atoms with Crippen molar-refractivity contribution in [3.63, 3.8) is 0 Å². The van der Waals surface area contributed by atoms with Gasteiger partial charge in [-0.3, -0.25) is 4.79 Å². The molecule has 150 valence electrons. The highest BCUT2D eigenvalue weighted by Gasteiger charge is 2.36. The number of halogens is 3. The average Bonchev–Trinajstić information content (AvgIpc) is 2.63. The second kappa shape index (κ2) is 7.97. The third kappa shape index (κ3) is 4.85. The maximum atomic E-state index is 13.3. The molecule has 11 heteroatoms. The molecular weight excluding hydrogens is 375 g/mol. The smallest absolute Gasteiger partial charge is 0.367 e. The molecule has 0 aromatic carbocycles. The second-order valence-corrected chi connectivity index (χ2v) is 6.63. The van der Waals surface area contributed by atoms with E-state index < -0.39 is 17.6 Å². The Balaban J connectivity index is 1.81. The van der Waals surface area contributed by atoms with Gasteiger partial charge in [-0.15, -0.1) is 0 Å². The molecule has 1 fully saturated rings. The summed E-state index contributed by atoms with van der Waals surface area (Å²) in [5.41, 5.74) is 10.5. The molecule has 28 heavy (non-hydrogen) atoms. The highest BCUT2D eigenvalue weighted by atomic mass is 19.4. The number of rotatable bonds is 5. The molecule has 8 nitrogen and oxygen atoms in total. The molecule has 0 aliphatic heterocycles. The Bertz CT molecular complexity index is 834. The number of primary amides is 1. The zero-order valence-electron chi connectivity index (χ0n) is 14.8. The summed E-state index contributed by atoms with van der Waals surface area (Å²) in [6, 6.07) is 2.84. The summed E-state index contributed by atoms with van der Waals surface area (Å²) >= 11 is 0. The number of pyridine rings is 1. The van der Waals surface area contributed by atoms with Crippen LogP contribution in [0.5, 0.6) is 0 Å². The quantitative estimate of drug-likeness (QED) is 0.611. The SMILES string of the molecule is NC(=O)c1ccc(Nc2ncc(C(F)(F)F)c(NC3CCC(N)CC3)n2)cn1. The molecule has 2 heterocycles. The first-order valence-electron chi connectivity index (χ1n) is 8.71. The number of hydrogen-bond acceptors (Lipinski definition) is 7. The zero-order chi connectivity index (χ0) is 20.3. The summed E-state index contributed by atoms with van der Waals surface area (Å²) < 4.78 is 40.0. The molecular formula is C17H20F3N7O. The fourth-order valence-electron chi connectivity index (χ4n) is 2.96. The normalized spacial score (nSPS) is 19.9. The van der Waals surface area contributed by atoms with Gasteiger partial charge in [0.2, 0.25) is 5.95 Å². The van der Waals surface area contributed by atoms with Gasteiger partial charge in [0.15, 0.2) is 0 Å². The minimum atomic E-state index is -4.59. The largest absolute Gasteiger partial charge is 0.421 e. The van der Waals surface area contributed by atoms with Crippen molar-refractivity contribution in [2.45, 2.75) is 43.9 Å². The van der Waals surface area contributed by atoms with Gasteiger partial charge in [0.05, 0.1) is 11.9 Å². The van der Waals surface area contributed by atoms with E-state index in [1.807, 2.05) is 0 Å². The van der Waals surface area contributed by atoms with Crippen LogP contribution >= 0.6 is 0 Å². The Hall–Kier alpha value is -2.95. The summed E-state index contributed by atoms with van der Waals surface area (Å²) in [6.07, 6.45) is 0.290. The Morgan fingerprint density at radius 3 is 2.39 bits per heavy atom. The van der Waals surface area contributed by atoms with E-state index in [-0.39, 0.29) is 29.5 Å². The van der Waals surface area contributed by atoms with Crippen molar-refractivity contribution in [3.05, 3.63) is 35.8 Å². The van der Waals surface area contributed by atoms with E-state index in [1.54, 1.807) is 0 Å². The van der Waals surface area contributed by atoms with E-state index in [4.69, 9.17) is 11.5 Å². The summed E-state index contributed by atoms with van der Waals surface area (Å²) in [5, 5.41) is 5.65. The first-order chi connectivity index (χ1) is 13.2. The van der Waals surface area contributed by atoms with Crippen LogP contribution in [0.1, 0.15) is 41.7 Å². The fourth-order valence-corrected chi connectivity index (χ4v) is 2.96. The first kappa shape index (κ1) is 19.8. The predicted molar refractivity (Wildman–Crippen MR) is 96.9 cm³/mol. The second-order valence-electron chi connectivity index (χ2n) is 6.63. The summed E-state index contributed by atoms with van der Waals surface area (Å²) in [6.45, 7) is 0. The van der Waals surface area contributed by atoms with Crippen molar-refractivity contribution in [2.75, 3.05) is 10.6 Å². The van der Waals surface area contributed by atoms with Crippen molar-refractivity contribution < 1.29 is 18.0 Å². The van der Waals surface area contributed by atoms with Crippen LogP contribution in [-0.2, 0) is 6.18 Å². The maximum Gasteiger partial charge on any atom is 0.421 e. The van der Waals surface area contributed by atoms with Crippen LogP contribution in [-0.4, -0.2) is 32.9 Å². The van der Waals surface area contributed by atoms with Crippen LogP contribution in [0.25, 0.3) is 0 Å². The third-order valence-electron chi connectivity index (χ3n) is 4.48. The summed E-state index contributed by atoms with van der Waals surface area (Å²) in [4.78, 5) is 22.6. The molecule has 1 aliphatic rings. The average molecular weight is 395 g/mol. The summed E-state index contributed by atoms with van der Waals surface area (Å²) in [7, 11) is 0. The molecule has 6 N–H and O–H groups in total. The fraction of sp³-hybridized carbons (Fsp3) is 0.412. The molecule has 0 unspecified atom stereocenters. The number of hydrogen-bond donors (Lipinski definition) is 4. The third-order valence-corrected chi connectivity index (χ3v) is 4.48. The van der Waals surface area contributed by atoms with Crippen LogP contribution in [0.2, 0.25) is 0 Å². The van der Waals surface area contributed by atoms with Crippen LogP contribution in [0.3, 0.4) is 0 Å². The standard InChI is InChI=1S/C17H20F3N7O/c18-17(19,20)12-8-24-16(26-11-5-6-13(14(22)28)23-7-11)27-15(12)25-10-3-1-9(21)2-4-10/h5-10H,1-4,21H2,(H2,22,28)(H2,24,25,26,27). The number of alkyl halides is 3. The molecule has 0 atom stereocenters. The Morgan fingerprint density at radius 2 is 1.82 bits per heavy atom. The van der Waals surface area contributed by atoms with E-state index in [0.717, 1.165) is 19.0 Å². The van der Waals surface area contributed by atoms with Gasteiger partial charge in [0, 0.05) is 18.3 Å². The topological polar surface area (TPSA) is 132 Å². The highest BCUT2D eigenvalue weighted by molar-refractivity contribution is 5.90. The number of amides is 1. The van der Waals surface area contributed by atoms with E-state index in [9.17, 15) is 18.0 Å². The van der Waals surface area contributed by atoms with E-state index in [2.05, 4.69) is 25.6 Å². The Labute approximate surface area is 158 Å². The molecule has 0 spiro atoms. The van der Waals surface area contributed by atoms with Gasteiger partial charge >= 0.3 is 6.18 Å². The first-order valence-corrected chi connectivity index (χ1v) is 8.71. The minimum Gasteiger partial charge on any atom is -0.367 e. The number of carbonyl (C=O) groups excluding carboxylic acids is 1. The molecule has 0 saturated heterocycles. The molecule has 1 amide bonds. The van der Waals surface area contributed by atoms with Crippen molar-refractivity contribution in [2.24, 2.45) is 11.5 Å². The van der Waals surface area contributed by atoms with Crippen LogP contribution in [0.4, 0.5) is 30.6 Å². The van der Waals surface area contributed by atoms with Gasteiger partial charge < -0.3 is 22.1 Å². The lowest BCUT2D eigenvalue weighted by Gasteiger charge is -2.28. The van der Waals surface area contributed by atoms with E-state index in [1.165, 1.54) is 18.3 Å². The van der Waals surface area contributed by atoms with Crippen molar-refractivity contribution in [3.8, 4) is 0 Å². The van der Waals surface area contributed by atoms with Gasteiger partial charge in [-0.2, -0.15) is 18.2 Å². The highest BCUT2D eigenvalue weighted by Crippen LogP contribution is 2.35. The number of aromatic nitrogens is 3. The number of anilines is 3. The molecule has 1 aliphatic carbocycles. The van der Waals surface area contributed by atoms with Crippen molar-refractivity contribution in [1.82, 2.24) is 15.0 Å². The van der Waals surface area contributed by atoms with Gasteiger partial charge in [0.1, 0.15) is 17.1 Å². The molecule has 2 aromatic rings. The molecule has 0 radical (unpaired) electrons. The Morgan fingerprint density at radius 1 is 1.11 bits per heavy atom. The summed E-state index contributed by atoms with van der Waals surface area (Å²) in [5.74, 6) is -1.00. The van der Waals surface area contributed by atoms with Crippen LogP contribution in [0, 0.1) is 0 Å². The lowest BCUT2D eigenvalue weighted by atomic mass is 9.92. The molecule has 0 bridgehead atoms. The zero-order valence-corrected chi connectivity index (χ0v) is 14.8. The molecule has 3 rings (SSSR count). The van der Waals surface area contributed by atoms with Crippen LogP contribution in [0.15, 0.2) is 24.5 Å². The lowest BCUT2D eigenvalue weighted by molar-refractivity contribution is -0.137. The van der Waals surface area contributed by atoms with Crippen molar-refractivity contribution in [1.29, 1.82) is 0 Å². The molecule has 2 aromatic heterocycles. The maximum absolute atomic E-state index is 13.3. The van der Waals surface area contributed by atoms with E-state index in [0.29, 0.717) is 18.5 Å². The number of nitrogens with one attached hydrogen (secondary N) is 2.